The van der Waals surface area contributed by atoms with E-state index in [0.717, 1.165) is 39.2 Å². The van der Waals surface area contributed by atoms with Crippen molar-refractivity contribution in [2.75, 3.05) is 0 Å². The van der Waals surface area contributed by atoms with Crippen LogP contribution in [0.3, 0.4) is 0 Å². The Morgan fingerprint density at radius 3 is 2.66 bits per heavy atom. The van der Waals surface area contributed by atoms with Gasteiger partial charge in [-0.2, -0.15) is 4.98 Å². The molecule has 0 aliphatic rings. The van der Waals surface area contributed by atoms with E-state index < -0.39 is 11.4 Å². The fourth-order valence-electron chi connectivity index (χ4n) is 3.44. The van der Waals surface area contributed by atoms with Crippen LogP contribution in [-0.2, 0) is 6.54 Å². The maximum atomic E-state index is 12.4. The van der Waals surface area contributed by atoms with Crippen molar-refractivity contribution in [3.05, 3.63) is 81.1 Å². The number of fused-ring (bicyclic) bond motifs is 1. The molecular formula is C22H18N2O4S. The molecule has 2 N–H and O–H groups in total. The number of pyridine rings is 1. The van der Waals surface area contributed by atoms with Crippen LogP contribution in [0.15, 0.2) is 53.5 Å². The Balaban J connectivity index is 1.91. The molecule has 0 saturated heterocycles. The lowest BCUT2D eigenvalue weighted by Crippen LogP contribution is -2.19. The number of carboxylic acids is 1. The summed E-state index contributed by atoms with van der Waals surface area (Å²) in [5, 5.41) is 19.0. The number of nitrogens with zero attached hydrogens (tertiary/aromatic N) is 2. The first kappa shape index (κ1) is 18.9. The highest BCUT2D eigenvalue weighted by Crippen LogP contribution is 2.30. The standard InChI is InChI=1S/C22H18N2O4S/c1-12-7-8-13(2)16(9-12)15-6-4-3-5-14(15)10-24-11-17(21(26)27)19(25)18-20(24)29-22(28)23-18/h3-9,11H,10H2,1-2H3,(H,23,28)(H,26,27). The first-order valence-corrected chi connectivity index (χ1v) is 9.78. The van der Waals surface area contributed by atoms with Crippen LogP contribution in [0.2, 0.25) is 0 Å². The van der Waals surface area contributed by atoms with E-state index in [1.807, 2.05) is 38.1 Å². The predicted molar refractivity (Wildman–Crippen MR) is 113 cm³/mol. The van der Waals surface area contributed by atoms with Crippen molar-refractivity contribution in [3.63, 3.8) is 0 Å². The van der Waals surface area contributed by atoms with Gasteiger partial charge in [0, 0.05) is 12.7 Å². The van der Waals surface area contributed by atoms with E-state index in [9.17, 15) is 19.8 Å². The maximum Gasteiger partial charge on any atom is 0.341 e. The molecule has 6 nitrogen and oxygen atoms in total. The summed E-state index contributed by atoms with van der Waals surface area (Å²) in [5.74, 6) is -1.32. The number of rotatable bonds is 4. The summed E-state index contributed by atoms with van der Waals surface area (Å²) < 4.78 is 1.67. The third-order valence-corrected chi connectivity index (χ3v) is 5.77. The van der Waals surface area contributed by atoms with Crippen molar-refractivity contribution in [3.8, 4) is 16.3 Å². The van der Waals surface area contributed by atoms with Gasteiger partial charge < -0.3 is 14.8 Å². The van der Waals surface area contributed by atoms with Crippen LogP contribution in [-0.4, -0.2) is 25.7 Å². The zero-order chi connectivity index (χ0) is 20.7. The van der Waals surface area contributed by atoms with Gasteiger partial charge >= 0.3 is 5.97 Å². The van der Waals surface area contributed by atoms with Gasteiger partial charge in [-0.15, -0.1) is 0 Å². The van der Waals surface area contributed by atoms with Gasteiger partial charge in [0.1, 0.15) is 10.4 Å². The Morgan fingerprint density at radius 2 is 1.90 bits per heavy atom. The summed E-state index contributed by atoms with van der Waals surface area (Å²) in [6, 6.07) is 14.1. The molecule has 146 valence electrons. The SMILES string of the molecule is Cc1ccc(C)c(-c2ccccc2Cn2cc(C(=O)O)c(=O)c3nc(O)sc32)c1. The molecule has 2 heterocycles. The molecule has 0 bridgehead atoms. The molecule has 0 saturated carbocycles. The Bertz CT molecular complexity index is 1320. The molecule has 0 radical (unpaired) electrons. The summed E-state index contributed by atoms with van der Waals surface area (Å²) in [6.45, 7) is 4.42. The number of thiazole rings is 1. The molecule has 4 rings (SSSR count). The summed E-state index contributed by atoms with van der Waals surface area (Å²) >= 11 is 0.954. The van der Waals surface area contributed by atoms with Crippen LogP contribution >= 0.6 is 11.3 Å². The quantitative estimate of drug-likeness (QED) is 0.530. The van der Waals surface area contributed by atoms with Gasteiger partial charge in [-0.3, -0.25) is 4.79 Å². The van der Waals surface area contributed by atoms with Crippen molar-refractivity contribution in [1.29, 1.82) is 0 Å². The zero-order valence-corrected chi connectivity index (χ0v) is 16.7. The third kappa shape index (κ3) is 3.40. The number of aryl methyl sites for hydroxylation is 2. The molecule has 0 fully saturated rings. The van der Waals surface area contributed by atoms with Gasteiger partial charge in [0.25, 0.3) is 5.19 Å². The minimum atomic E-state index is -1.32. The Kier molecular flexibility index (Phi) is 4.68. The van der Waals surface area contributed by atoms with Crippen LogP contribution in [0, 0.1) is 13.8 Å². The van der Waals surface area contributed by atoms with Crippen LogP contribution in [0.4, 0.5) is 0 Å². The molecule has 0 spiro atoms. The molecular weight excluding hydrogens is 388 g/mol. The molecule has 0 amide bonds. The largest absolute Gasteiger partial charge is 0.486 e. The molecule has 2 aromatic heterocycles. The van der Waals surface area contributed by atoms with Crippen LogP contribution < -0.4 is 5.43 Å². The lowest BCUT2D eigenvalue weighted by Gasteiger charge is -2.15. The van der Waals surface area contributed by atoms with Gasteiger partial charge in [0.15, 0.2) is 5.52 Å². The second kappa shape index (κ2) is 7.18. The van der Waals surface area contributed by atoms with Crippen molar-refractivity contribution < 1.29 is 15.0 Å². The molecule has 29 heavy (non-hydrogen) atoms. The molecule has 0 unspecified atom stereocenters. The molecule has 0 aliphatic carbocycles. The average molecular weight is 406 g/mol. The minimum absolute atomic E-state index is 0.0309. The number of hydrogen-bond donors (Lipinski definition) is 2. The third-order valence-electron chi connectivity index (χ3n) is 4.88. The zero-order valence-electron chi connectivity index (χ0n) is 15.8. The summed E-state index contributed by atoms with van der Waals surface area (Å²) in [5.41, 5.74) is 4.29. The summed E-state index contributed by atoms with van der Waals surface area (Å²) in [6.07, 6.45) is 1.32. The van der Waals surface area contributed by atoms with E-state index in [4.69, 9.17) is 0 Å². The van der Waals surface area contributed by atoms with Gasteiger partial charge in [-0.05, 0) is 36.1 Å². The van der Waals surface area contributed by atoms with Crippen molar-refractivity contribution in [2.24, 2.45) is 0 Å². The average Bonchev–Trinajstić information content (AvgIpc) is 3.08. The monoisotopic (exact) mass is 406 g/mol. The highest BCUT2D eigenvalue weighted by molar-refractivity contribution is 7.19. The normalized spacial score (nSPS) is 11.1. The van der Waals surface area contributed by atoms with E-state index in [1.54, 1.807) is 4.57 Å². The van der Waals surface area contributed by atoms with E-state index in [0.29, 0.717) is 11.4 Å². The van der Waals surface area contributed by atoms with E-state index >= 15 is 0 Å². The smallest absolute Gasteiger partial charge is 0.341 e. The number of hydrogen-bond acceptors (Lipinski definition) is 5. The topological polar surface area (TPSA) is 92.4 Å². The number of aromatic carboxylic acids is 1. The van der Waals surface area contributed by atoms with Crippen molar-refractivity contribution >= 4 is 27.7 Å². The maximum absolute atomic E-state index is 12.4. The number of carboxylic acid groups (broad SMARTS) is 1. The van der Waals surface area contributed by atoms with Gasteiger partial charge in [0.2, 0.25) is 5.43 Å². The molecule has 0 aliphatic heterocycles. The van der Waals surface area contributed by atoms with Crippen molar-refractivity contribution in [1.82, 2.24) is 9.55 Å². The fraction of sp³-hybridized carbons (Fsp3) is 0.136. The Hall–Kier alpha value is -3.45. The number of carbonyl (C=O) groups is 1. The Morgan fingerprint density at radius 1 is 1.14 bits per heavy atom. The van der Waals surface area contributed by atoms with Crippen molar-refractivity contribution in [2.45, 2.75) is 20.4 Å². The van der Waals surface area contributed by atoms with Gasteiger partial charge in [-0.1, -0.05) is 59.4 Å². The van der Waals surface area contributed by atoms with Gasteiger partial charge in [-0.25, -0.2) is 4.79 Å². The first-order chi connectivity index (χ1) is 13.8. The summed E-state index contributed by atoms with van der Waals surface area (Å²) in [7, 11) is 0. The van der Waals surface area contributed by atoms with Crippen LogP contribution in [0.5, 0.6) is 5.19 Å². The van der Waals surface area contributed by atoms with Crippen LogP contribution in [0.25, 0.3) is 21.5 Å². The highest BCUT2D eigenvalue weighted by Gasteiger charge is 2.19. The number of aromatic nitrogens is 2. The minimum Gasteiger partial charge on any atom is -0.486 e. The molecule has 4 aromatic rings. The number of aromatic hydroxyl groups is 1. The van der Waals surface area contributed by atoms with E-state index in [2.05, 4.69) is 23.2 Å². The first-order valence-electron chi connectivity index (χ1n) is 8.97. The molecule has 0 atom stereocenters. The van der Waals surface area contributed by atoms with Crippen LogP contribution in [0.1, 0.15) is 27.0 Å². The Labute approximate surface area is 170 Å². The second-order valence-electron chi connectivity index (χ2n) is 6.93. The lowest BCUT2D eigenvalue weighted by molar-refractivity contribution is 0.0695. The lowest BCUT2D eigenvalue weighted by atomic mass is 9.94. The number of benzene rings is 2. The highest BCUT2D eigenvalue weighted by atomic mass is 32.1. The van der Waals surface area contributed by atoms with Gasteiger partial charge in [0.05, 0.1) is 0 Å². The van der Waals surface area contributed by atoms with E-state index in [1.165, 1.54) is 6.20 Å². The van der Waals surface area contributed by atoms with E-state index in [-0.39, 0.29) is 16.3 Å². The predicted octanol–water partition coefficient (Wildman–Crippen LogP) is 4.19. The summed E-state index contributed by atoms with van der Waals surface area (Å²) in [4.78, 5) is 28.2. The molecule has 7 heteroatoms. The molecule has 2 aromatic carbocycles. The second-order valence-corrected chi connectivity index (χ2v) is 7.89. The fourth-order valence-corrected chi connectivity index (χ4v) is 4.22.